The maximum atomic E-state index is 11.9. The van der Waals surface area contributed by atoms with Crippen molar-refractivity contribution in [2.24, 2.45) is 5.41 Å². The molecule has 0 spiro atoms. The number of hydrogen-bond donors (Lipinski definition) is 2. The second-order valence-corrected chi connectivity index (χ2v) is 5.19. The van der Waals surface area contributed by atoms with Gasteiger partial charge in [-0.1, -0.05) is 13.8 Å². The third-order valence-electron chi connectivity index (χ3n) is 3.49. The van der Waals surface area contributed by atoms with Crippen LogP contribution in [0, 0.1) is 12.3 Å². The van der Waals surface area contributed by atoms with E-state index in [4.69, 9.17) is 0 Å². The van der Waals surface area contributed by atoms with Gasteiger partial charge in [0.1, 0.15) is 0 Å². The molecule has 0 aliphatic rings. The number of carboxylic acid groups (broad SMARTS) is 1. The van der Waals surface area contributed by atoms with E-state index < -0.39 is 11.4 Å². The van der Waals surface area contributed by atoms with Crippen LogP contribution in [0.4, 0.5) is 0 Å². The van der Waals surface area contributed by atoms with Crippen LogP contribution in [-0.4, -0.2) is 23.5 Å². The molecule has 0 saturated heterocycles. The lowest BCUT2D eigenvalue weighted by Gasteiger charge is -2.26. The lowest BCUT2D eigenvalue weighted by atomic mass is 9.82. The summed E-state index contributed by atoms with van der Waals surface area (Å²) in [6.45, 7) is 5.71. The van der Waals surface area contributed by atoms with Gasteiger partial charge in [-0.3, -0.25) is 9.59 Å². The van der Waals surface area contributed by atoms with E-state index in [9.17, 15) is 14.7 Å². The number of amides is 1. The predicted octanol–water partition coefficient (Wildman–Crippen LogP) is 2.68. The van der Waals surface area contributed by atoms with E-state index in [0.717, 1.165) is 5.56 Å². The molecule has 100 valence electrons. The monoisotopic (exact) mass is 269 g/mol. The van der Waals surface area contributed by atoms with Crippen LogP contribution in [0.5, 0.6) is 0 Å². The highest BCUT2D eigenvalue weighted by atomic mass is 32.1. The standard InChI is InChI=1S/C13H19NO3S/c1-4-13(5-2,12(16)17)8-14-11(15)10-7-18-6-9(10)3/h6-7H,4-5,8H2,1-3H3,(H,14,15)(H,16,17). The zero-order chi connectivity index (χ0) is 13.8. The van der Waals surface area contributed by atoms with Gasteiger partial charge in [-0.25, -0.2) is 0 Å². The topological polar surface area (TPSA) is 66.4 Å². The minimum Gasteiger partial charge on any atom is -0.481 e. The number of nitrogens with one attached hydrogen (secondary N) is 1. The summed E-state index contributed by atoms with van der Waals surface area (Å²) in [6, 6.07) is 0. The van der Waals surface area contributed by atoms with Gasteiger partial charge in [-0.05, 0) is 30.7 Å². The van der Waals surface area contributed by atoms with Gasteiger partial charge in [0, 0.05) is 11.9 Å². The van der Waals surface area contributed by atoms with Crippen LogP contribution in [0.2, 0.25) is 0 Å². The van der Waals surface area contributed by atoms with Crippen molar-refractivity contribution in [3.63, 3.8) is 0 Å². The molecule has 1 aromatic heterocycles. The Balaban J connectivity index is 2.72. The molecule has 0 saturated carbocycles. The molecule has 2 N–H and O–H groups in total. The van der Waals surface area contributed by atoms with Gasteiger partial charge in [-0.15, -0.1) is 0 Å². The van der Waals surface area contributed by atoms with Crippen LogP contribution in [0.15, 0.2) is 10.8 Å². The van der Waals surface area contributed by atoms with E-state index >= 15 is 0 Å². The van der Waals surface area contributed by atoms with Crippen LogP contribution in [0.3, 0.4) is 0 Å². The van der Waals surface area contributed by atoms with Crippen LogP contribution in [0.1, 0.15) is 42.6 Å². The summed E-state index contributed by atoms with van der Waals surface area (Å²) < 4.78 is 0. The first-order chi connectivity index (χ1) is 8.46. The molecule has 1 rings (SSSR count). The molecule has 4 nitrogen and oxygen atoms in total. The average molecular weight is 269 g/mol. The molecular formula is C13H19NO3S. The van der Waals surface area contributed by atoms with Crippen molar-refractivity contribution in [2.75, 3.05) is 6.54 Å². The van der Waals surface area contributed by atoms with E-state index in [0.29, 0.717) is 18.4 Å². The molecule has 0 aromatic carbocycles. The van der Waals surface area contributed by atoms with Gasteiger partial charge in [0.05, 0.1) is 11.0 Å². The van der Waals surface area contributed by atoms with Crippen molar-refractivity contribution in [2.45, 2.75) is 33.6 Å². The summed E-state index contributed by atoms with van der Waals surface area (Å²) in [6.07, 6.45) is 1.00. The molecule has 1 amide bonds. The van der Waals surface area contributed by atoms with E-state index in [-0.39, 0.29) is 12.5 Å². The Labute approximate surface area is 111 Å². The quantitative estimate of drug-likeness (QED) is 0.834. The van der Waals surface area contributed by atoms with E-state index in [1.807, 2.05) is 26.2 Å². The minimum absolute atomic E-state index is 0.170. The van der Waals surface area contributed by atoms with E-state index in [2.05, 4.69) is 5.32 Å². The normalized spacial score (nSPS) is 11.3. The summed E-state index contributed by atoms with van der Waals surface area (Å²) in [7, 11) is 0. The van der Waals surface area contributed by atoms with Gasteiger partial charge in [0.25, 0.3) is 5.91 Å². The van der Waals surface area contributed by atoms with E-state index in [1.165, 1.54) is 11.3 Å². The third kappa shape index (κ3) is 2.90. The molecule has 0 aliphatic carbocycles. The lowest BCUT2D eigenvalue weighted by molar-refractivity contribution is -0.149. The highest BCUT2D eigenvalue weighted by Crippen LogP contribution is 2.26. The summed E-state index contributed by atoms with van der Waals surface area (Å²) >= 11 is 1.47. The number of rotatable bonds is 6. The Morgan fingerprint density at radius 1 is 1.33 bits per heavy atom. The van der Waals surface area contributed by atoms with Crippen LogP contribution in [0.25, 0.3) is 0 Å². The number of hydrogen-bond acceptors (Lipinski definition) is 3. The maximum absolute atomic E-state index is 11.9. The van der Waals surface area contributed by atoms with Gasteiger partial charge in [0.15, 0.2) is 0 Å². The maximum Gasteiger partial charge on any atom is 0.311 e. The SMILES string of the molecule is CCC(CC)(CNC(=O)c1cscc1C)C(=O)O. The molecule has 0 bridgehead atoms. The highest BCUT2D eigenvalue weighted by molar-refractivity contribution is 7.08. The number of carbonyl (C=O) groups is 2. The largest absolute Gasteiger partial charge is 0.481 e. The first kappa shape index (κ1) is 14.7. The van der Waals surface area contributed by atoms with Crippen molar-refractivity contribution < 1.29 is 14.7 Å². The molecule has 0 atom stereocenters. The fraction of sp³-hybridized carbons (Fsp3) is 0.538. The zero-order valence-electron chi connectivity index (χ0n) is 10.9. The molecule has 5 heteroatoms. The zero-order valence-corrected chi connectivity index (χ0v) is 11.8. The summed E-state index contributed by atoms with van der Waals surface area (Å²) in [4.78, 5) is 23.2. The van der Waals surface area contributed by atoms with Crippen molar-refractivity contribution in [3.8, 4) is 0 Å². The van der Waals surface area contributed by atoms with Crippen molar-refractivity contribution in [1.82, 2.24) is 5.32 Å². The second-order valence-electron chi connectivity index (χ2n) is 4.44. The third-order valence-corrected chi connectivity index (χ3v) is 4.36. The smallest absolute Gasteiger partial charge is 0.311 e. The predicted molar refractivity (Wildman–Crippen MR) is 72.0 cm³/mol. The van der Waals surface area contributed by atoms with Crippen molar-refractivity contribution in [3.05, 3.63) is 21.9 Å². The first-order valence-electron chi connectivity index (χ1n) is 6.01. The highest BCUT2D eigenvalue weighted by Gasteiger charge is 2.35. The molecule has 0 unspecified atom stereocenters. The van der Waals surface area contributed by atoms with Crippen LogP contribution in [-0.2, 0) is 4.79 Å². The Hall–Kier alpha value is -1.36. The van der Waals surface area contributed by atoms with E-state index in [1.54, 1.807) is 5.38 Å². The van der Waals surface area contributed by atoms with Gasteiger partial charge in [-0.2, -0.15) is 11.3 Å². The van der Waals surface area contributed by atoms with Gasteiger partial charge >= 0.3 is 5.97 Å². The fourth-order valence-corrected chi connectivity index (χ4v) is 2.64. The molecule has 1 heterocycles. The number of aryl methyl sites for hydroxylation is 1. The Kier molecular flexibility index (Phi) is 4.90. The molecule has 0 aliphatic heterocycles. The molecule has 0 fully saturated rings. The molecule has 0 radical (unpaired) electrons. The van der Waals surface area contributed by atoms with Gasteiger partial charge < -0.3 is 10.4 Å². The summed E-state index contributed by atoms with van der Waals surface area (Å²) in [5.41, 5.74) is 0.692. The van der Waals surface area contributed by atoms with Crippen LogP contribution >= 0.6 is 11.3 Å². The Morgan fingerprint density at radius 2 is 1.94 bits per heavy atom. The van der Waals surface area contributed by atoms with Gasteiger partial charge in [0.2, 0.25) is 0 Å². The van der Waals surface area contributed by atoms with Crippen LogP contribution < -0.4 is 5.32 Å². The molecule has 18 heavy (non-hydrogen) atoms. The molecular weight excluding hydrogens is 250 g/mol. The first-order valence-corrected chi connectivity index (χ1v) is 6.95. The number of aliphatic carboxylic acids is 1. The minimum atomic E-state index is -0.862. The van der Waals surface area contributed by atoms with Crippen molar-refractivity contribution >= 4 is 23.2 Å². The summed E-state index contributed by atoms with van der Waals surface area (Å²) in [5, 5.41) is 15.7. The number of carboxylic acids is 1. The number of carbonyl (C=O) groups excluding carboxylic acids is 1. The Bertz CT molecular complexity index is 435. The second kappa shape index (κ2) is 6.00. The molecule has 1 aromatic rings. The van der Waals surface area contributed by atoms with Crippen molar-refractivity contribution in [1.29, 1.82) is 0 Å². The fourth-order valence-electron chi connectivity index (χ4n) is 1.82. The average Bonchev–Trinajstić information content (AvgIpc) is 2.77. The summed E-state index contributed by atoms with van der Waals surface area (Å²) in [5.74, 6) is -1.05. The number of thiophene rings is 1. The Morgan fingerprint density at radius 3 is 2.33 bits per heavy atom. The lowest BCUT2D eigenvalue weighted by Crippen LogP contribution is -2.42.